The molecular formula is C17H28N2O2. The molecule has 0 aliphatic rings. The second-order valence-corrected chi connectivity index (χ2v) is 6.26. The lowest BCUT2D eigenvalue weighted by Gasteiger charge is -2.31. The van der Waals surface area contributed by atoms with E-state index in [1.807, 2.05) is 31.2 Å². The highest BCUT2D eigenvalue weighted by Gasteiger charge is 2.25. The molecule has 4 heteroatoms. The Morgan fingerprint density at radius 3 is 2.43 bits per heavy atom. The Bertz CT molecular complexity index is 443. The molecule has 1 aromatic carbocycles. The second-order valence-electron chi connectivity index (χ2n) is 6.26. The predicted molar refractivity (Wildman–Crippen MR) is 86.4 cm³/mol. The van der Waals surface area contributed by atoms with Crippen molar-refractivity contribution < 1.29 is 9.53 Å². The van der Waals surface area contributed by atoms with E-state index in [4.69, 9.17) is 10.5 Å². The zero-order chi connectivity index (χ0) is 15.9. The van der Waals surface area contributed by atoms with Gasteiger partial charge in [0.25, 0.3) is 0 Å². The van der Waals surface area contributed by atoms with Crippen LogP contribution in [0.2, 0.25) is 0 Å². The topological polar surface area (TPSA) is 64.3 Å². The smallest absolute Gasteiger partial charge is 0.220 e. The van der Waals surface area contributed by atoms with Gasteiger partial charge < -0.3 is 15.8 Å². The van der Waals surface area contributed by atoms with Crippen LogP contribution in [0.15, 0.2) is 24.3 Å². The van der Waals surface area contributed by atoms with E-state index in [1.165, 1.54) is 0 Å². The molecule has 0 aliphatic carbocycles. The molecule has 0 saturated carbocycles. The first-order valence-electron chi connectivity index (χ1n) is 7.52. The third kappa shape index (κ3) is 6.17. The predicted octanol–water partition coefficient (Wildman–Crippen LogP) is 2.51. The van der Waals surface area contributed by atoms with Gasteiger partial charge >= 0.3 is 0 Å². The van der Waals surface area contributed by atoms with E-state index in [0.717, 1.165) is 24.2 Å². The number of methoxy groups -OCH3 is 1. The van der Waals surface area contributed by atoms with Gasteiger partial charge in [0.2, 0.25) is 5.91 Å². The number of ether oxygens (including phenoxy) is 1. The Morgan fingerprint density at radius 1 is 1.33 bits per heavy atom. The van der Waals surface area contributed by atoms with Crippen LogP contribution < -0.4 is 15.8 Å². The highest BCUT2D eigenvalue weighted by molar-refractivity contribution is 5.77. The summed E-state index contributed by atoms with van der Waals surface area (Å²) in [4.78, 5) is 12.1. The Labute approximate surface area is 128 Å². The van der Waals surface area contributed by atoms with E-state index in [2.05, 4.69) is 19.2 Å². The minimum absolute atomic E-state index is 0.0550. The third-order valence-electron chi connectivity index (χ3n) is 3.55. The van der Waals surface area contributed by atoms with Crippen LogP contribution in [0, 0.1) is 5.92 Å². The number of nitrogens with two attached hydrogens (primary N) is 1. The maximum Gasteiger partial charge on any atom is 0.220 e. The van der Waals surface area contributed by atoms with Crippen LogP contribution in [0.25, 0.3) is 0 Å². The maximum atomic E-state index is 12.1. The Morgan fingerprint density at radius 2 is 1.95 bits per heavy atom. The molecule has 1 atom stereocenters. The van der Waals surface area contributed by atoms with Crippen LogP contribution in [0.1, 0.15) is 39.2 Å². The molecule has 0 spiro atoms. The van der Waals surface area contributed by atoms with Gasteiger partial charge in [0.1, 0.15) is 5.75 Å². The first-order chi connectivity index (χ1) is 9.88. The standard InChI is InChI=1S/C17H28N2O2/c1-13(2)11-17(3,12-18)19-16(20)10-7-14-5-8-15(21-4)9-6-14/h5-6,8-9,13H,7,10-12,18H2,1-4H3,(H,19,20). The van der Waals surface area contributed by atoms with Gasteiger partial charge in [-0.2, -0.15) is 0 Å². The Kier molecular flexibility index (Phi) is 6.69. The number of hydrogen-bond donors (Lipinski definition) is 2. The van der Waals surface area contributed by atoms with Gasteiger partial charge in [0.15, 0.2) is 0 Å². The molecule has 0 fully saturated rings. The van der Waals surface area contributed by atoms with Crippen molar-refractivity contribution in [3.63, 3.8) is 0 Å². The molecule has 1 aromatic rings. The molecule has 3 N–H and O–H groups in total. The molecule has 0 aromatic heterocycles. The van der Waals surface area contributed by atoms with Gasteiger partial charge in [-0.15, -0.1) is 0 Å². The number of carbonyl (C=O) groups excluding carboxylic acids is 1. The fourth-order valence-corrected chi connectivity index (χ4v) is 2.54. The van der Waals surface area contributed by atoms with Crippen LogP contribution in [0.3, 0.4) is 0 Å². The van der Waals surface area contributed by atoms with Gasteiger partial charge in [0.05, 0.1) is 7.11 Å². The lowest BCUT2D eigenvalue weighted by Crippen LogP contribution is -2.52. The summed E-state index contributed by atoms with van der Waals surface area (Å²) in [5, 5.41) is 3.08. The molecule has 1 amide bonds. The maximum absolute atomic E-state index is 12.1. The second kappa shape index (κ2) is 8.03. The number of carbonyl (C=O) groups is 1. The van der Waals surface area contributed by atoms with Crippen molar-refractivity contribution in [1.29, 1.82) is 0 Å². The van der Waals surface area contributed by atoms with Crippen LogP contribution >= 0.6 is 0 Å². The number of amides is 1. The molecule has 118 valence electrons. The minimum Gasteiger partial charge on any atom is -0.497 e. The quantitative estimate of drug-likeness (QED) is 0.774. The lowest BCUT2D eigenvalue weighted by molar-refractivity contribution is -0.122. The summed E-state index contributed by atoms with van der Waals surface area (Å²) < 4.78 is 5.12. The highest BCUT2D eigenvalue weighted by Crippen LogP contribution is 2.16. The molecule has 0 heterocycles. The summed E-state index contributed by atoms with van der Waals surface area (Å²) >= 11 is 0. The van der Waals surface area contributed by atoms with Gasteiger partial charge in [-0.05, 0) is 43.4 Å². The van der Waals surface area contributed by atoms with Crippen molar-refractivity contribution in [2.75, 3.05) is 13.7 Å². The molecule has 1 unspecified atom stereocenters. The van der Waals surface area contributed by atoms with E-state index in [1.54, 1.807) is 7.11 Å². The number of benzene rings is 1. The minimum atomic E-state index is -0.314. The number of hydrogen-bond acceptors (Lipinski definition) is 3. The van der Waals surface area contributed by atoms with E-state index in [-0.39, 0.29) is 11.4 Å². The summed E-state index contributed by atoms with van der Waals surface area (Å²) in [5.41, 5.74) is 6.63. The molecule has 1 rings (SSSR count). The average molecular weight is 292 g/mol. The zero-order valence-electron chi connectivity index (χ0n) is 13.6. The molecule has 0 radical (unpaired) electrons. The van der Waals surface area contributed by atoms with Gasteiger partial charge in [0, 0.05) is 18.5 Å². The van der Waals surface area contributed by atoms with E-state index >= 15 is 0 Å². The van der Waals surface area contributed by atoms with Crippen molar-refractivity contribution in [3.05, 3.63) is 29.8 Å². The number of nitrogens with one attached hydrogen (secondary N) is 1. The molecule has 0 bridgehead atoms. The summed E-state index contributed by atoms with van der Waals surface area (Å²) in [6.45, 7) is 6.74. The third-order valence-corrected chi connectivity index (χ3v) is 3.55. The fraction of sp³-hybridized carbons (Fsp3) is 0.588. The molecule has 0 aliphatic heterocycles. The summed E-state index contributed by atoms with van der Waals surface area (Å²) in [5.74, 6) is 1.38. The van der Waals surface area contributed by atoms with Crippen molar-refractivity contribution in [2.45, 2.75) is 45.6 Å². The first kappa shape index (κ1) is 17.5. The van der Waals surface area contributed by atoms with Crippen molar-refractivity contribution in [1.82, 2.24) is 5.32 Å². The van der Waals surface area contributed by atoms with Crippen LogP contribution in [0.5, 0.6) is 5.75 Å². The monoisotopic (exact) mass is 292 g/mol. The number of rotatable bonds is 8. The normalized spacial score (nSPS) is 13.8. The fourth-order valence-electron chi connectivity index (χ4n) is 2.54. The molecular weight excluding hydrogens is 264 g/mol. The first-order valence-corrected chi connectivity index (χ1v) is 7.52. The zero-order valence-corrected chi connectivity index (χ0v) is 13.6. The van der Waals surface area contributed by atoms with Gasteiger partial charge in [-0.25, -0.2) is 0 Å². The van der Waals surface area contributed by atoms with Crippen LogP contribution in [-0.2, 0) is 11.2 Å². The summed E-state index contributed by atoms with van der Waals surface area (Å²) in [7, 11) is 1.64. The lowest BCUT2D eigenvalue weighted by atomic mass is 9.90. The molecule has 21 heavy (non-hydrogen) atoms. The average Bonchev–Trinajstić information content (AvgIpc) is 2.44. The van der Waals surface area contributed by atoms with Crippen molar-refractivity contribution >= 4 is 5.91 Å². The van der Waals surface area contributed by atoms with E-state index in [0.29, 0.717) is 18.9 Å². The molecule has 0 saturated heterocycles. The summed E-state index contributed by atoms with van der Waals surface area (Å²) in [6.07, 6.45) is 2.08. The van der Waals surface area contributed by atoms with E-state index in [9.17, 15) is 4.79 Å². The van der Waals surface area contributed by atoms with Gasteiger partial charge in [-0.3, -0.25) is 4.79 Å². The van der Waals surface area contributed by atoms with Crippen molar-refractivity contribution in [2.24, 2.45) is 11.7 Å². The van der Waals surface area contributed by atoms with Gasteiger partial charge in [-0.1, -0.05) is 26.0 Å². The Balaban J connectivity index is 2.48. The number of aryl methyl sites for hydroxylation is 1. The summed E-state index contributed by atoms with van der Waals surface area (Å²) in [6, 6.07) is 7.80. The SMILES string of the molecule is COc1ccc(CCC(=O)NC(C)(CN)CC(C)C)cc1. The molecule has 4 nitrogen and oxygen atoms in total. The Hall–Kier alpha value is -1.55. The largest absolute Gasteiger partial charge is 0.497 e. The van der Waals surface area contributed by atoms with Crippen molar-refractivity contribution in [3.8, 4) is 5.75 Å². The van der Waals surface area contributed by atoms with Crippen LogP contribution in [0.4, 0.5) is 0 Å². The highest BCUT2D eigenvalue weighted by atomic mass is 16.5. The van der Waals surface area contributed by atoms with E-state index < -0.39 is 0 Å². The van der Waals surface area contributed by atoms with Crippen LogP contribution in [-0.4, -0.2) is 25.1 Å².